The fourth-order valence-electron chi connectivity index (χ4n) is 2.52. The average molecular weight is 306 g/mol. The number of sulfonamides is 1. The Labute approximate surface area is 115 Å². The topological polar surface area (TPSA) is 92.4 Å². The highest BCUT2D eigenvalue weighted by Crippen LogP contribution is 2.32. The summed E-state index contributed by atoms with van der Waals surface area (Å²) in [5, 5.41) is 9.38. The van der Waals surface area contributed by atoms with Crippen molar-refractivity contribution in [1.29, 1.82) is 0 Å². The Balaban J connectivity index is 2.41. The number of aliphatic hydroxyl groups excluding tert-OH is 1. The van der Waals surface area contributed by atoms with Crippen LogP contribution in [0.15, 0.2) is 17.0 Å². The summed E-state index contributed by atoms with van der Waals surface area (Å²) in [5.41, 5.74) is 4.01. The number of nitrogens with two attached hydrogens (primary N) is 1. The summed E-state index contributed by atoms with van der Waals surface area (Å²) in [4.78, 5) is -1.06. The first-order valence-corrected chi connectivity index (χ1v) is 7.67. The minimum Gasteiger partial charge on any atom is -0.399 e. The van der Waals surface area contributed by atoms with Gasteiger partial charge in [0.1, 0.15) is 11.6 Å². The summed E-state index contributed by atoms with van der Waals surface area (Å²) in [6.45, 7) is -0.412. The van der Waals surface area contributed by atoms with Crippen LogP contribution in [0.5, 0.6) is 0 Å². The molecule has 0 bridgehead atoms. The Kier molecular flexibility index (Phi) is 3.99. The maximum atomic E-state index is 13.7. The SMILES string of the molecule is Nc1cc(F)c(S(=O)(=O)NC2(CO)CCCC2)c(F)c1. The van der Waals surface area contributed by atoms with Crippen LogP contribution in [0.25, 0.3) is 0 Å². The zero-order valence-electron chi connectivity index (χ0n) is 10.7. The molecule has 1 aromatic rings. The Morgan fingerprint density at radius 1 is 1.25 bits per heavy atom. The van der Waals surface area contributed by atoms with Crippen molar-refractivity contribution >= 4 is 15.7 Å². The number of aliphatic hydroxyl groups is 1. The molecule has 8 heteroatoms. The molecule has 0 heterocycles. The largest absolute Gasteiger partial charge is 0.399 e. The Morgan fingerprint density at radius 3 is 2.20 bits per heavy atom. The van der Waals surface area contributed by atoms with E-state index in [-0.39, 0.29) is 5.69 Å². The number of nitrogen functional groups attached to an aromatic ring is 1. The second kappa shape index (κ2) is 5.27. The lowest BCUT2D eigenvalue weighted by Gasteiger charge is -2.27. The average Bonchev–Trinajstić information content (AvgIpc) is 2.75. The van der Waals surface area contributed by atoms with Crippen LogP contribution < -0.4 is 10.5 Å². The molecule has 4 N–H and O–H groups in total. The zero-order valence-corrected chi connectivity index (χ0v) is 11.5. The summed E-state index contributed by atoms with van der Waals surface area (Å²) in [7, 11) is -4.41. The first-order valence-electron chi connectivity index (χ1n) is 6.19. The van der Waals surface area contributed by atoms with Gasteiger partial charge in [-0.05, 0) is 25.0 Å². The van der Waals surface area contributed by atoms with E-state index >= 15 is 0 Å². The van der Waals surface area contributed by atoms with Crippen molar-refractivity contribution < 1.29 is 22.3 Å². The molecule has 1 aliphatic rings. The van der Waals surface area contributed by atoms with Crippen molar-refractivity contribution in [2.75, 3.05) is 12.3 Å². The van der Waals surface area contributed by atoms with Gasteiger partial charge in [0.25, 0.3) is 0 Å². The quantitative estimate of drug-likeness (QED) is 0.727. The summed E-state index contributed by atoms with van der Waals surface area (Å²) >= 11 is 0. The molecule has 1 aromatic carbocycles. The second-order valence-electron chi connectivity index (χ2n) is 5.06. The van der Waals surface area contributed by atoms with Crippen molar-refractivity contribution in [1.82, 2.24) is 4.72 Å². The van der Waals surface area contributed by atoms with Crippen molar-refractivity contribution in [2.24, 2.45) is 0 Å². The van der Waals surface area contributed by atoms with E-state index < -0.39 is 38.7 Å². The smallest absolute Gasteiger partial charge is 0.247 e. The Morgan fingerprint density at radius 2 is 1.75 bits per heavy atom. The van der Waals surface area contributed by atoms with Gasteiger partial charge in [0, 0.05) is 5.69 Å². The molecule has 0 saturated heterocycles. The molecule has 0 aromatic heterocycles. The van der Waals surface area contributed by atoms with Gasteiger partial charge in [-0.1, -0.05) is 12.8 Å². The molecular weight excluding hydrogens is 290 g/mol. The van der Waals surface area contributed by atoms with Crippen LogP contribution >= 0.6 is 0 Å². The molecule has 20 heavy (non-hydrogen) atoms. The van der Waals surface area contributed by atoms with Crippen LogP contribution in [0.3, 0.4) is 0 Å². The normalized spacial score (nSPS) is 18.4. The summed E-state index contributed by atoms with van der Waals surface area (Å²) in [6, 6.07) is 1.50. The highest BCUT2D eigenvalue weighted by Gasteiger charge is 2.39. The minimum atomic E-state index is -4.41. The Bertz CT molecular complexity index is 590. The van der Waals surface area contributed by atoms with Crippen LogP contribution in [0.1, 0.15) is 25.7 Å². The predicted molar refractivity (Wildman–Crippen MR) is 69.4 cm³/mol. The van der Waals surface area contributed by atoms with Gasteiger partial charge < -0.3 is 10.8 Å². The zero-order chi connectivity index (χ0) is 15.0. The molecule has 0 unspecified atom stereocenters. The minimum absolute atomic E-state index is 0.198. The first-order chi connectivity index (χ1) is 9.30. The summed E-state index contributed by atoms with van der Waals surface area (Å²) < 4.78 is 54.0. The van der Waals surface area contributed by atoms with Crippen LogP contribution in [0.4, 0.5) is 14.5 Å². The standard InChI is InChI=1S/C12H16F2N2O3S/c13-9-5-8(15)6-10(14)11(9)20(18,19)16-12(7-17)3-1-2-4-12/h5-6,16-17H,1-4,7,15H2. The van der Waals surface area contributed by atoms with Crippen molar-refractivity contribution in [3.8, 4) is 0 Å². The van der Waals surface area contributed by atoms with Crippen molar-refractivity contribution in [3.63, 3.8) is 0 Å². The number of anilines is 1. The highest BCUT2D eigenvalue weighted by molar-refractivity contribution is 7.89. The number of hydrogen-bond acceptors (Lipinski definition) is 4. The van der Waals surface area contributed by atoms with Gasteiger partial charge in [-0.25, -0.2) is 21.9 Å². The molecule has 0 radical (unpaired) electrons. The van der Waals surface area contributed by atoms with E-state index in [1.54, 1.807) is 0 Å². The van der Waals surface area contributed by atoms with Crippen molar-refractivity contribution in [2.45, 2.75) is 36.1 Å². The maximum absolute atomic E-state index is 13.7. The number of nitrogens with one attached hydrogen (secondary N) is 1. The monoisotopic (exact) mass is 306 g/mol. The van der Waals surface area contributed by atoms with E-state index in [2.05, 4.69) is 4.72 Å². The van der Waals surface area contributed by atoms with Crippen LogP contribution in [-0.4, -0.2) is 25.7 Å². The van der Waals surface area contributed by atoms with Gasteiger partial charge in [-0.15, -0.1) is 0 Å². The molecule has 5 nitrogen and oxygen atoms in total. The molecule has 1 saturated carbocycles. The maximum Gasteiger partial charge on any atom is 0.247 e. The molecule has 0 spiro atoms. The molecule has 0 aliphatic heterocycles. The highest BCUT2D eigenvalue weighted by atomic mass is 32.2. The fraction of sp³-hybridized carbons (Fsp3) is 0.500. The first kappa shape index (κ1) is 15.1. The lowest BCUT2D eigenvalue weighted by molar-refractivity contribution is 0.185. The Hall–Kier alpha value is -1.25. The molecule has 0 amide bonds. The van der Waals surface area contributed by atoms with Crippen LogP contribution in [0, 0.1) is 11.6 Å². The van der Waals surface area contributed by atoms with Gasteiger partial charge in [0.05, 0.1) is 12.1 Å². The van der Waals surface area contributed by atoms with Crippen LogP contribution in [0.2, 0.25) is 0 Å². The molecule has 112 valence electrons. The molecule has 1 aliphatic carbocycles. The number of hydrogen-bond donors (Lipinski definition) is 3. The van der Waals surface area contributed by atoms with E-state index in [1.165, 1.54) is 0 Å². The number of benzene rings is 1. The fourth-order valence-corrected chi connectivity index (χ4v) is 4.09. The van der Waals surface area contributed by atoms with Gasteiger partial charge in [-0.3, -0.25) is 0 Å². The molecule has 1 fully saturated rings. The summed E-state index contributed by atoms with van der Waals surface area (Å²) in [6.07, 6.45) is 2.35. The van der Waals surface area contributed by atoms with E-state index in [1.807, 2.05) is 0 Å². The lowest BCUT2D eigenvalue weighted by atomic mass is 10.0. The van der Waals surface area contributed by atoms with Gasteiger partial charge in [-0.2, -0.15) is 0 Å². The van der Waals surface area contributed by atoms with Gasteiger partial charge >= 0.3 is 0 Å². The van der Waals surface area contributed by atoms with E-state index in [0.29, 0.717) is 12.8 Å². The van der Waals surface area contributed by atoms with E-state index in [9.17, 15) is 22.3 Å². The molecular formula is C12H16F2N2O3S. The second-order valence-corrected chi connectivity index (χ2v) is 6.68. The molecule has 0 atom stereocenters. The summed E-state index contributed by atoms with van der Waals surface area (Å²) in [5.74, 6) is -2.50. The van der Waals surface area contributed by atoms with Crippen molar-refractivity contribution in [3.05, 3.63) is 23.8 Å². The van der Waals surface area contributed by atoms with Gasteiger partial charge in [0.2, 0.25) is 10.0 Å². The molecule has 2 rings (SSSR count). The number of rotatable bonds is 4. The van der Waals surface area contributed by atoms with Crippen LogP contribution in [-0.2, 0) is 10.0 Å². The third kappa shape index (κ3) is 2.77. The van der Waals surface area contributed by atoms with E-state index in [4.69, 9.17) is 5.73 Å². The lowest BCUT2D eigenvalue weighted by Crippen LogP contribution is -2.49. The van der Waals surface area contributed by atoms with E-state index in [0.717, 1.165) is 25.0 Å². The third-order valence-electron chi connectivity index (χ3n) is 3.50. The predicted octanol–water partition coefficient (Wildman–Crippen LogP) is 1.13. The third-order valence-corrected chi connectivity index (χ3v) is 5.13. The van der Waals surface area contributed by atoms with Gasteiger partial charge in [0.15, 0.2) is 4.90 Å². The number of halogens is 2.